The van der Waals surface area contributed by atoms with Gasteiger partial charge in [0.2, 0.25) is 0 Å². The van der Waals surface area contributed by atoms with Crippen LogP contribution >= 0.6 is 11.6 Å². The Labute approximate surface area is 118 Å². The molecule has 0 saturated carbocycles. The first-order chi connectivity index (χ1) is 9.05. The number of ether oxygens (including phenoxy) is 3. The number of alkyl halides is 1. The van der Waals surface area contributed by atoms with Crippen molar-refractivity contribution in [3.8, 4) is 5.75 Å². The number of hydrogen-bond donors (Lipinski definition) is 0. The van der Waals surface area contributed by atoms with Gasteiger partial charge in [-0.15, -0.1) is 11.6 Å². The Morgan fingerprint density at radius 2 is 2.16 bits per heavy atom. The third-order valence-electron chi connectivity index (χ3n) is 3.57. The highest BCUT2D eigenvalue weighted by Crippen LogP contribution is 2.38. The van der Waals surface area contributed by atoms with Crippen LogP contribution in [0.15, 0.2) is 18.2 Å². The van der Waals surface area contributed by atoms with Gasteiger partial charge in [-0.1, -0.05) is 12.1 Å². The summed E-state index contributed by atoms with van der Waals surface area (Å²) in [7, 11) is 0. The van der Waals surface area contributed by atoms with E-state index >= 15 is 0 Å². The van der Waals surface area contributed by atoms with Crippen molar-refractivity contribution in [3.05, 3.63) is 29.3 Å². The van der Waals surface area contributed by atoms with E-state index in [2.05, 4.69) is 19.9 Å². The van der Waals surface area contributed by atoms with E-state index in [0.717, 1.165) is 17.7 Å². The molecule has 3 rings (SSSR count). The van der Waals surface area contributed by atoms with Crippen LogP contribution < -0.4 is 4.74 Å². The number of benzene rings is 1. The van der Waals surface area contributed by atoms with Crippen molar-refractivity contribution in [1.82, 2.24) is 0 Å². The number of hydrogen-bond acceptors (Lipinski definition) is 3. The fourth-order valence-corrected chi connectivity index (χ4v) is 2.97. The molecular weight excluding hydrogens is 264 g/mol. The van der Waals surface area contributed by atoms with Crippen molar-refractivity contribution in [2.75, 3.05) is 19.8 Å². The van der Waals surface area contributed by atoms with E-state index in [1.807, 2.05) is 12.1 Å². The molecule has 0 N–H and O–H groups in total. The van der Waals surface area contributed by atoms with Gasteiger partial charge in [0.1, 0.15) is 17.5 Å². The van der Waals surface area contributed by atoms with Crippen molar-refractivity contribution >= 4 is 11.6 Å². The first-order valence-corrected chi connectivity index (χ1v) is 7.14. The predicted molar refractivity (Wildman–Crippen MR) is 74.0 cm³/mol. The van der Waals surface area contributed by atoms with Crippen LogP contribution in [0.4, 0.5) is 0 Å². The maximum Gasteiger partial charge on any atom is 0.123 e. The second-order valence-electron chi connectivity index (χ2n) is 5.79. The minimum Gasteiger partial charge on any atom is -0.487 e. The molecule has 2 atom stereocenters. The van der Waals surface area contributed by atoms with Crippen molar-refractivity contribution in [3.63, 3.8) is 0 Å². The zero-order valence-corrected chi connectivity index (χ0v) is 12.1. The molecule has 0 spiro atoms. The Hall–Kier alpha value is -0.770. The molecule has 0 amide bonds. The Bertz CT molecular complexity index is 466. The summed E-state index contributed by atoms with van der Waals surface area (Å²) in [5.41, 5.74) is 2.19. The fraction of sp³-hybridized carbons (Fsp3) is 0.600. The molecule has 2 unspecified atom stereocenters. The summed E-state index contributed by atoms with van der Waals surface area (Å²) in [6.07, 6.45) is 0.853. The highest BCUT2D eigenvalue weighted by Gasteiger charge is 2.31. The second-order valence-corrected chi connectivity index (χ2v) is 6.26. The molecule has 0 bridgehead atoms. The smallest absolute Gasteiger partial charge is 0.123 e. The van der Waals surface area contributed by atoms with E-state index in [4.69, 9.17) is 25.8 Å². The van der Waals surface area contributed by atoms with Crippen LogP contribution in [-0.4, -0.2) is 31.5 Å². The molecule has 2 heterocycles. The van der Waals surface area contributed by atoms with Gasteiger partial charge in [0.15, 0.2) is 0 Å². The Morgan fingerprint density at radius 1 is 1.32 bits per heavy atom. The van der Waals surface area contributed by atoms with Crippen molar-refractivity contribution in [2.24, 2.45) is 0 Å². The van der Waals surface area contributed by atoms with Gasteiger partial charge in [0, 0.05) is 6.42 Å². The Morgan fingerprint density at radius 3 is 2.89 bits per heavy atom. The minimum atomic E-state index is -0.172. The largest absolute Gasteiger partial charge is 0.487 e. The molecule has 4 heteroatoms. The molecule has 1 aromatic carbocycles. The molecular formula is C15H19ClO3. The molecule has 2 aliphatic heterocycles. The third kappa shape index (κ3) is 2.73. The lowest BCUT2D eigenvalue weighted by atomic mass is 9.98. The summed E-state index contributed by atoms with van der Waals surface area (Å²) in [6.45, 7) is 6.04. The molecule has 19 heavy (non-hydrogen) atoms. The number of rotatable bonds is 2. The minimum absolute atomic E-state index is 0.0659. The first-order valence-electron chi connectivity index (χ1n) is 6.70. The molecule has 0 radical (unpaired) electrons. The van der Waals surface area contributed by atoms with Gasteiger partial charge in [0.25, 0.3) is 0 Å². The van der Waals surface area contributed by atoms with Gasteiger partial charge in [-0.3, -0.25) is 0 Å². The molecule has 1 aromatic rings. The zero-order chi connectivity index (χ0) is 13.5. The summed E-state index contributed by atoms with van der Waals surface area (Å²) >= 11 is 6.51. The van der Waals surface area contributed by atoms with Gasteiger partial charge >= 0.3 is 0 Å². The van der Waals surface area contributed by atoms with Crippen molar-refractivity contribution in [1.29, 1.82) is 0 Å². The van der Waals surface area contributed by atoms with Crippen LogP contribution in [0.5, 0.6) is 5.75 Å². The van der Waals surface area contributed by atoms with E-state index < -0.39 is 0 Å². The summed E-state index contributed by atoms with van der Waals surface area (Å²) in [4.78, 5) is 0. The van der Waals surface area contributed by atoms with Gasteiger partial charge in [-0.25, -0.2) is 0 Å². The van der Waals surface area contributed by atoms with Gasteiger partial charge in [0.05, 0.1) is 25.2 Å². The highest BCUT2D eigenvalue weighted by atomic mass is 35.5. The number of fused-ring (bicyclic) bond motifs is 1. The molecule has 0 aromatic heterocycles. The fourth-order valence-electron chi connectivity index (χ4n) is 2.69. The molecule has 104 valence electrons. The van der Waals surface area contributed by atoms with E-state index in [1.165, 1.54) is 5.56 Å². The molecule has 0 aliphatic carbocycles. The zero-order valence-electron chi connectivity index (χ0n) is 11.3. The highest BCUT2D eigenvalue weighted by molar-refractivity contribution is 6.21. The third-order valence-corrected chi connectivity index (χ3v) is 4.11. The topological polar surface area (TPSA) is 27.7 Å². The first kappa shape index (κ1) is 13.2. The Balaban J connectivity index is 1.79. The lowest BCUT2D eigenvalue weighted by Gasteiger charge is -2.27. The maximum atomic E-state index is 6.51. The predicted octanol–water partition coefficient (Wildman–Crippen LogP) is 3.10. The van der Waals surface area contributed by atoms with Gasteiger partial charge in [-0.05, 0) is 31.0 Å². The van der Waals surface area contributed by atoms with Crippen LogP contribution in [0.3, 0.4) is 0 Å². The quantitative estimate of drug-likeness (QED) is 0.780. The van der Waals surface area contributed by atoms with Crippen LogP contribution in [-0.2, 0) is 15.9 Å². The molecule has 3 nitrogen and oxygen atoms in total. The Kier molecular flexibility index (Phi) is 3.46. The normalized spacial score (nSPS) is 26.6. The van der Waals surface area contributed by atoms with Crippen LogP contribution in [0.25, 0.3) is 0 Å². The molecule has 1 fully saturated rings. The maximum absolute atomic E-state index is 6.51. The van der Waals surface area contributed by atoms with Crippen LogP contribution in [0, 0.1) is 0 Å². The van der Waals surface area contributed by atoms with Gasteiger partial charge < -0.3 is 14.2 Å². The summed E-state index contributed by atoms with van der Waals surface area (Å²) in [5.74, 6) is 0.971. The van der Waals surface area contributed by atoms with E-state index in [-0.39, 0.29) is 17.1 Å². The van der Waals surface area contributed by atoms with E-state index in [9.17, 15) is 0 Å². The summed E-state index contributed by atoms with van der Waals surface area (Å²) in [5, 5.41) is -0.172. The lowest BCUT2D eigenvalue weighted by molar-refractivity contribution is -0.0892. The molecule has 2 aliphatic rings. The monoisotopic (exact) mass is 282 g/mol. The van der Waals surface area contributed by atoms with Crippen molar-refractivity contribution in [2.45, 2.75) is 37.4 Å². The van der Waals surface area contributed by atoms with E-state index in [1.54, 1.807) is 0 Å². The molecule has 1 saturated heterocycles. The second kappa shape index (κ2) is 4.97. The van der Waals surface area contributed by atoms with Gasteiger partial charge in [-0.2, -0.15) is 0 Å². The lowest BCUT2D eigenvalue weighted by Crippen LogP contribution is -2.31. The summed E-state index contributed by atoms with van der Waals surface area (Å²) < 4.78 is 17.0. The average molecular weight is 283 g/mol. The standard InChI is InChI=1S/C15H19ClO3/c1-15(2)8-11-7-10(3-4-12(11)19-15)14(16)13-9-17-5-6-18-13/h3-4,7,13-14H,5-6,8-9H2,1-2H3. The van der Waals surface area contributed by atoms with Crippen LogP contribution in [0.2, 0.25) is 0 Å². The van der Waals surface area contributed by atoms with Crippen molar-refractivity contribution < 1.29 is 14.2 Å². The average Bonchev–Trinajstić information content (AvgIpc) is 2.71. The van der Waals surface area contributed by atoms with Crippen LogP contribution in [0.1, 0.15) is 30.4 Å². The SMILES string of the molecule is CC1(C)Cc2cc(C(Cl)C3COCCO3)ccc2O1. The summed E-state index contributed by atoms with van der Waals surface area (Å²) in [6, 6.07) is 6.17. The van der Waals surface area contributed by atoms with E-state index in [0.29, 0.717) is 19.8 Å². The number of halogens is 1.